The molecule has 2 saturated heterocycles. The fourth-order valence-electron chi connectivity index (χ4n) is 3.38. The Morgan fingerprint density at radius 3 is 2.22 bits per heavy atom. The molecule has 0 bridgehead atoms. The van der Waals surface area contributed by atoms with Crippen molar-refractivity contribution in [1.29, 1.82) is 0 Å². The highest BCUT2D eigenvalue weighted by molar-refractivity contribution is 5.92. The fourth-order valence-corrected chi connectivity index (χ4v) is 3.38. The number of hydrogen-bond donors (Lipinski definition) is 0. The van der Waals surface area contributed by atoms with Gasteiger partial charge in [-0.2, -0.15) is 0 Å². The van der Waals surface area contributed by atoms with Gasteiger partial charge in [-0.05, 0) is 37.3 Å². The Balaban J connectivity index is 1.49. The van der Waals surface area contributed by atoms with Crippen molar-refractivity contribution < 1.29 is 9.59 Å². The first-order valence-electron chi connectivity index (χ1n) is 8.55. The monoisotopic (exact) mass is 312 g/mol. The van der Waals surface area contributed by atoms with Crippen LogP contribution in [0.25, 0.3) is 6.08 Å². The Morgan fingerprint density at radius 1 is 0.913 bits per heavy atom. The summed E-state index contributed by atoms with van der Waals surface area (Å²) < 4.78 is 0. The topological polar surface area (TPSA) is 40.6 Å². The molecular weight excluding hydrogens is 288 g/mol. The maximum Gasteiger partial charge on any atom is 0.246 e. The predicted molar refractivity (Wildman–Crippen MR) is 90.6 cm³/mol. The Bertz CT molecular complexity index is 568. The maximum atomic E-state index is 12.4. The van der Waals surface area contributed by atoms with Crippen LogP contribution in [-0.2, 0) is 9.59 Å². The molecule has 4 heteroatoms. The van der Waals surface area contributed by atoms with Crippen LogP contribution in [0, 0.1) is 5.92 Å². The van der Waals surface area contributed by atoms with E-state index in [0.29, 0.717) is 19.0 Å². The molecule has 4 nitrogen and oxygen atoms in total. The average Bonchev–Trinajstić information content (AvgIpc) is 3.15. The van der Waals surface area contributed by atoms with Crippen LogP contribution in [0.1, 0.15) is 31.2 Å². The summed E-state index contributed by atoms with van der Waals surface area (Å²) in [7, 11) is 0. The van der Waals surface area contributed by atoms with Crippen molar-refractivity contribution in [1.82, 2.24) is 9.80 Å². The van der Waals surface area contributed by atoms with Gasteiger partial charge >= 0.3 is 0 Å². The molecule has 23 heavy (non-hydrogen) atoms. The van der Waals surface area contributed by atoms with E-state index in [1.807, 2.05) is 46.2 Å². The second-order valence-electron chi connectivity index (χ2n) is 6.38. The van der Waals surface area contributed by atoms with Crippen molar-refractivity contribution in [2.24, 2.45) is 5.92 Å². The molecule has 0 spiro atoms. The van der Waals surface area contributed by atoms with Gasteiger partial charge in [0, 0.05) is 38.2 Å². The molecule has 2 heterocycles. The quantitative estimate of drug-likeness (QED) is 0.805. The van der Waals surface area contributed by atoms with E-state index in [2.05, 4.69) is 0 Å². The van der Waals surface area contributed by atoms with E-state index in [4.69, 9.17) is 0 Å². The summed E-state index contributed by atoms with van der Waals surface area (Å²) in [6.45, 7) is 3.19. The van der Waals surface area contributed by atoms with E-state index in [-0.39, 0.29) is 11.8 Å². The second kappa shape index (κ2) is 7.44. The largest absolute Gasteiger partial charge is 0.342 e. The number of piperidine rings is 1. The van der Waals surface area contributed by atoms with Gasteiger partial charge in [0.15, 0.2) is 0 Å². The normalized spacial score (nSPS) is 19.5. The molecule has 0 N–H and O–H groups in total. The summed E-state index contributed by atoms with van der Waals surface area (Å²) in [4.78, 5) is 28.5. The third kappa shape index (κ3) is 4.01. The molecule has 1 aromatic rings. The molecule has 1 aromatic carbocycles. The molecule has 0 radical (unpaired) electrons. The minimum atomic E-state index is 0.0425. The molecule has 0 saturated carbocycles. The first-order chi connectivity index (χ1) is 11.2. The van der Waals surface area contributed by atoms with Gasteiger partial charge in [0.05, 0.1) is 0 Å². The van der Waals surface area contributed by atoms with E-state index in [1.54, 1.807) is 6.08 Å². The van der Waals surface area contributed by atoms with Crippen LogP contribution < -0.4 is 0 Å². The van der Waals surface area contributed by atoms with Gasteiger partial charge in [-0.3, -0.25) is 9.59 Å². The van der Waals surface area contributed by atoms with Gasteiger partial charge in [0.1, 0.15) is 0 Å². The molecule has 0 unspecified atom stereocenters. The lowest BCUT2D eigenvalue weighted by molar-refractivity contribution is -0.138. The van der Waals surface area contributed by atoms with Crippen LogP contribution in [-0.4, -0.2) is 47.8 Å². The van der Waals surface area contributed by atoms with Gasteiger partial charge < -0.3 is 9.80 Å². The molecule has 2 amide bonds. The first kappa shape index (κ1) is 15.8. The minimum Gasteiger partial charge on any atom is -0.342 e. The van der Waals surface area contributed by atoms with Crippen molar-refractivity contribution in [3.8, 4) is 0 Å². The van der Waals surface area contributed by atoms with Crippen LogP contribution in [0.4, 0.5) is 0 Å². The fraction of sp³-hybridized carbons (Fsp3) is 0.474. The average molecular weight is 312 g/mol. The molecule has 122 valence electrons. The zero-order valence-electron chi connectivity index (χ0n) is 13.5. The van der Waals surface area contributed by atoms with E-state index in [1.165, 1.54) is 0 Å². The highest BCUT2D eigenvalue weighted by Crippen LogP contribution is 2.22. The van der Waals surface area contributed by atoms with Crippen LogP contribution in [0.3, 0.4) is 0 Å². The third-order valence-corrected chi connectivity index (χ3v) is 4.79. The minimum absolute atomic E-state index is 0.0425. The molecular formula is C19H24N2O2. The number of hydrogen-bond acceptors (Lipinski definition) is 2. The van der Waals surface area contributed by atoms with Crippen molar-refractivity contribution >= 4 is 17.9 Å². The standard InChI is InChI=1S/C19H24N2O2/c22-18(9-8-16-6-2-1-3-7-16)20-14-10-17(11-15-20)19(23)21-12-4-5-13-21/h1-3,6-9,17H,4-5,10-15H2/b9-8-. The SMILES string of the molecule is O=C(/C=C\c1ccccc1)N1CCC(C(=O)N2CCCC2)CC1. The van der Waals surface area contributed by atoms with E-state index < -0.39 is 0 Å². The van der Waals surface area contributed by atoms with Crippen molar-refractivity contribution in [3.63, 3.8) is 0 Å². The zero-order valence-corrected chi connectivity index (χ0v) is 13.5. The molecule has 3 rings (SSSR count). The van der Waals surface area contributed by atoms with E-state index in [0.717, 1.165) is 44.3 Å². The lowest BCUT2D eigenvalue weighted by Gasteiger charge is -2.32. The lowest BCUT2D eigenvalue weighted by Crippen LogP contribution is -2.43. The number of rotatable bonds is 3. The summed E-state index contributed by atoms with van der Waals surface area (Å²) >= 11 is 0. The molecule has 2 aliphatic heterocycles. The predicted octanol–water partition coefficient (Wildman–Crippen LogP) is 2.56. The van der Waals surface area contributed by atoms with Gasteiger partial charge in [-0.15, -0.1) is 0 Å². The van der Waals surface area contributed by atoms with Crippen LogP contribution in [0.15, 0.2) is 36.4 Å². The highest BCUT2D eigenvalue weighted by atomic mass is 16.2. The van der Waals surface area contributed by atoms with Crippen LogP contribution in [0.2, 0.25) is 0 Å². The van der Waals surface area contributed by atoms with Gasteiger partial charge in [-0.25, -0.2) is 0 Å². The summed E-state index contributed by atoms with van der Waals surface area (Å²) in [5.41, 5.74) is 1.03. The van der Waals surface area contributed by atoms with Gasteiger partial charge in [0.2, 0.25) is 11.8 Å². The number of likely N-dealkylation sites (tertiary alicyclic amines) is 2. The number of carbonyl (C=O) groups is 2. The van der Waals surface area contributed by atoms with Crippen LogP contribution >= 0.6 is 0 Å². The number of benzene rings is 1. The summed E-state index contributed by atoms with van der Waals surface area (Å²) in [6.07, 6.45) is 7.34. The summed E-state index contributed by atoms with van der Waals surface area (Å²) in [5, 5.41) is 0. The van der Waals surface area contributed by atoms with Gasteiger partial charge in [0.25, 0.3) is 0 Å². The Morgan fingerprint density at radius 2 is 1.57 bits per heavy atom. The number of nitrogens with zero attached hydrogens (tertiary/aromatic N) is 2. The molecule has 2 fully saturated rings. The first-order valence-corrected chi connectivity index (χ1v) is 8.55. The van der Waals surface area contributed by atoms with Crippen molar-refractivity contribution in [2.75, 3.05) is 26.2 Å². The van der Waals surface area contributed by atoms with E-state index >= 15 is 0 Å². The Labute approximate surface area is 137 Å². The number of amides is 2. The maximum absolute atomic E-state index is 12.4. The highest BCUT2D eigenvalue weighted by Gasteiger charge is 2.30. The van der Waals surface area contributed by atoms with Gasteiger partial charge in [-0.1, -0.05) is 30.3 Å². The molecule has 0 aliphatic carbocycles. The number of carbonyl (C=O) groups excluding carboxylic acids is 2. The molecule has 2 aliphatic rings. The second-order valence-corrected chi connectivity index (χ2v) is 6.38. The zero-order chi connectivity index (χ0) is 16.1. The molecule has 0 atom stereocenters. The summed E-state index contributed by atoms with van der Waals surface area (Å²) in [6, 6.07) is 9.83. The van der Waals surface area contributed by atoms with Crippen molar-refractivity contribution in [2.45, 2.75) is 25.7 Å². The Hall–Kier alpha value is -2.10. The van der Waals surface area contributed by atoms with Crippen LogP contribution in [0.5, 0.6) is 0 Å². The Kier molecular flexibility index (Phi) is 5.11. The van der Waals surface area contributed by atoms with Crippen molar-refractivity contribution in [3.05, 3.63) is 42.0 Å². The third-order valence-electron chi connectivity index (χ3n) is 4.79. The lowest BCUT2D eigenvalue weighted by atomic mass is 9.95. The smallest absolute Gasteiger partial charge is 0.246 e. The van der Waals surface area contributed by atoms with E-state index in [9.17, 15) is 9.59 Å². The molecule has 0 aromatic heterocycles. The summed E-state index contributed by atoms with van der Waals surface area (Å²) in [5.74, 6) is 0.450.